The van der Waals surface area contributed by atoms with Crippen LogP contribution in [0.5, 0.6) is 0 Å². The Morgan fingerprint density at radius 3 is 2.66 bits per heavy atom. The zero-order chi connectivity index (χ0) is 30.9. The average Bonchev–Trinajstić information content (AvgIpc) is 3.49. The standard InChI is InChI=1S/C38H48O6/c1-22(19-39)16-27-32(41)31(33(42)44-27)25-11-15-38-20-37(25,38)14-12-28-34(2)13-10-24-17-26(23-8-6-5-7-9-23)43-21-35(24,3)29(34)18-30(40)36(28,38)4/h5-10,12,14,16,25-32,39-41H,11,13,15,17-21H2,1-4H3/t25-,26-,27-,28+,29+,30+,31+,32-,34+,35-,36-,37+,38+/m0/s1. The summed E-state index contributed by atoms with van der Waals surface area (Å²) >= 11 is 0. The predicted molar refractivity (Wildman–Crippen MR) is 166 cm³/mol. The van der Waals surface area contributed by atoms with Crippen molar-refractivity contribution in [3.63, 3.8) is 0 Å². The number of benzene rings is 1. The second-order valence-electron chi connectivity index (χ2n) is 16.2. The zero-order valence-corrected chi connectivity index (χ0v) is 26.5. The molecule has 236 valence electrons. The van der Waals surface area contributed by atoms with E-state index in [0.29, 0.717) is 18.1 Å². The highest BCUT2D eigenvalue weighted by molar-refractivity contribution is 5.77. The molecule has 1 aromatic rings. The molecule has 3 saturated carbocycles. The SMILES string of the molecule is CC(=C[C@@H]1OC(=O)[C@H]([C@@H]2CC[C@]34C[C@]23C=C[C@@H]2[C@@]3(C)CC=C5C[C@@H](c6ccccc6)OC[C@]5(C)[C@@H]3C[C@@H](O)[C@]24C)[C@H]1O)CO. The molecule has 0 unspecified atom stereocenters. The molecule has 2 aliphatic heterocycles. The summed E-state index contributed by atoms with van der Waals surface area (Å²) in [6.07, 6.45) is 12.5. The van der Waals surface area contributed by atoms with Gasteiger partial charge in [0.25, 0.3) is 0 Å². The van der Waals surface area contributed by atoms with E-state index in [1.54, 1.807) is 13.0 Å². The highest BCUT2D eigenvalue weighted by Gasteiger charge is 2.85. The molecule has 5 fully saturated rings. The molecule has 0 amide bonds. The van der Waals surface area contributed by atoms with E-state index >= 15 is 0 Å². The Hall–Kier alpha value is -2.25. The highest BCUT2D eigenvalue weighted by Crippen LogP contribution is 2.89. The quantitative estimate of drug-likeness (QED) is 0.304. The molecule has 2 saturated heterocycles. The van der Waals surface area contributed by atoms with Crippen LogP contribution in [0.1, 0.15) is 77.9 Å². The molecule has 6 nitrogen and oxygen atoms in total. The second kappa shape index (κ2) is 9.40. The fraction of sp³-hybridized carbons (Fsp3) is 0.658. The average molecular weight is 601 g/mol. The van der Waals surface area contributed by atoms with Crippen molar-refractivity contribution in [3.05, 3.63) is 71.3 Å². The number of hydrogen-bond donors (Lipinski definition) is 3. The Bertz CT molecular complexity index is 1460. The van der Waals surface area contributed by atoms with Crippen LogP contribution in [0, 0.1) is 50.7 Å². The first-order chi connectivity index (χ1) is 20.9. The minimum atomic E-state index is -0.926. The number of allylic oxidation sites excluding steroid dienone is 3. The number of aliphatic hydroxyl groups is 3. The Morgan fingerprint density at radius 2 is 1.91 bits per heavy atom. The fourth-order valence-electron chi connectivity index (χ4n) is 12.4. The Morgan fingerprint density at radius 1 is 1.14 bits per heavy atom. The van der Waals surface area contributed by atoms with Crippen molar-refractivity contribution in [2.24, 2.45) is 50.7 Å². The molecule has 1 aromatic carbocycles. The lowest BCUT2D eigenvalue weighted by Gasteiger charge is -2.67. The van der Waals surface area contributed by atoms with Crippen molar-refractivity contribution < 1.29 is 29.6 Å². The molecule has 0 bridgehead atoms. The third-order valence-corrected chi connectivity index (χ3v) is 14.6. The van der Waals surface area contributed by atoms with Crippen LogP contribution in [-0.4, -0.2) is 52.8 Å². The fourth-order valence-corrected chi connectivity index (χ4v) is 12.4. The number of carbonyl (C=O) groups is 1. The van der Waals surface area contributed by atoms with E-state index in [-0.39, 0.29) is 57.6 Å². The lowest BCUT2D eigenvalue weighted by atomic mass is 9.38. The summed E-state index contributed by atoms with van der Waals surface area (Å²) in [6.45, 7) is 9.52. The number of aliphatic hydroxyl groups excluding tert-OH is 3. The number of rotatable bonds is 4. The van der Waals surface area contributed by atoms with Gasteiger partial charge in [0.2, 0.25) is 0 Å². The van der Waals surface area contributed by atoms with Crippen LogP contribution >= 0.6 is 0 Å². The molecule has 8 rings (SSSR count). The predicted octanol–water partition coefficient (Wildman–Crippen LogP) is 5.69. The number of cyclic esters (lactones) is 1. The van der Waals surface area contributed by atoms with Crippen LogP contribution in [0.15, 0.2) is 65.8 Å². The number of fused-ring (bicyclic) bond motifs is 5. The first kappa shape index (κ1) is 29.2. The van der Waals surface area contributed by atoms with Gasteiger partial charge in [-0.15, -0.1) is 0 Å². The van der Waals surface area contributed by atoms with E-state index in [1.807, 2.05) is 0 Å². The van der Waals surface area contributed by atoms with Crippen molar-refractivity contribution in [2.45, 2.75) is 90.6 Å². The summed E-state index contributed by atoms with van der Waals surface area (Å²) in [7, 11) is 0. The molecule has 2 heterocycles. The maximum absolute atomic E-state index is 13.3. The maximum atomic E-state index is 13.3. The van der Waals surface area contributed by atoms with E-state index in [4.69, 9.17) is 9.47 Å². The van der Waals surface area contributed by atoms with E-state index in [9.17, 15) is 20.1 Å². The van der Waals surface area contributed by atoms with E-state index in [2.05, 4.69) is 69.3 Å². The van der Waals surface area contributed by atoms with Crippen LogP contribution in [0.2, 0.25) is 0 Å². The van der Waals surface area contributed by atoms with Gasteiger partial charge in [0, 0.05) is 10.8 Å². The van der Waals surface area contributed by atoms with Gasteiger partial charge in [-0.3, -0.25) is 4.79 Å². The third kappa shape index (κ3) is 3.44. The maximum Gasteiger partial charge on any atom is 0.312 e. The largest absolute Gasteiger partial charge is 0.455 e. The summed E-state index contributed by atoms with van der Waals surface area (Å²) in [6, 6.07) is 10.5. The lowest BCUT2D eigenvalue weighted by Crippen LogP contribution is -2.64. The molecular formula is C38H48O6. The molecule has 0 spiro atoms. The van der Waals surface area contributed by atoms with Gasteiger partial charge in [-0.1, -0.05) is 74.9 Å². The van der Waals surface area contributed by atoms with Gasteiger partial charge in [-0.25, -0.2) is 0 Å². The van der Waals surface area contributed by atoms with Crippen LogP contribution in [-0.2, 0) is 14.3 Å². The van der Waals surface area contributed by atoms with Gasteiger partial charge in [0.05, 0.1) is 31.3 Å². The van der Waals surface area contributed by atoms with Gasteiger partial charge in [0.1, 0.15) is 12.2 Å². The van der Waals surface area contributed by atoms with E-state index in [0.717, 1.165) is 38.5 Å². The van der Waals surface area contributed by atoms with Gasteiger partial charge in [-0.05, 0) is 96.7 Å². The number of ether oxygens (including phenoxy) is 2. The highest BCUT2D eigenvalue weighted by atomic mass is 16.6. The molecule has 13 atom stereocenters. The number of esters is 1. The number of carbonyl (C=O) groups excluding carboxylic acids is 1. The zero-order valence-electron chi connectivity index (χ0n) is 26.5. The third-order valence-electron chi connectivity index (χ3n) is 14.6. The molecule has 3 N–H and O–H groups in total. The first-order valence-corrected chi connectivity index (χ1v) is 16.9. The Kier molecular flexibility index (Phi) is 6.23. The summed E-state index contributed by atoms with van der Waals surface area (Å²) in [5.41, 5.74) is 2.68. The summed E-state index contributed by atoms with van der Waals surface area (Å²) < 4.78 is 12.3. The van der Waals surface area contributed by atoms with E-state index < -0.39 is 24.2 Å². The van der Waals surface area contributed by atoms with Gasteiger partial charge in [0.15, 0.2) is 0 Å². The molecule has 0 radical (unpaired) electrons. The van der Waals surface area contributed by atoms with E-state index in [1.165, 1.54) is 11.1 Å². The lowest BCUT2D eigenvalue weighted by molar-refractivity contribution is -0.199. The van der Waals surface area contributed by atoms with Crippen molar-refractivity contribution in [1.82, 2.24) is 0 Å². The smallest absolute Gasteiger partial charge is 0.312 e. The topological polar surface area (TPSA) is 96.2 Å². The van der Waals surface area contributed by atoms with Crippen molar-refractivity contribution >= 4 is 5.97 Å². The van der Waals surface area contributed by atoms with Crippen molar-refractivity contribution in [2.75, 3.05) is 13.2 Å². The van der Waals surface area contributed by atoms with Gasteiger partial charge < -0.3 is 24.8 Å². The monoisotopic (exact) mass is 600 g/mol. The minimum Gasteiger partial charge on any atom is -0.455 e. The van der Waals surface area contributed by atoms with Crippen LogP contribution < -0.4 is 0 Å². The van der Waals surface area contributed by atoms with Crippen molar-refractivity contribution in [3.8, 4) is 0 Å². The molecule has 0 aromatic heterocycles. The Labute approximate surface area is 261 Å². The number of hydrogen-bond acceptors (Lipinski definition) is 6. The van der Waals surface area contributed by atoms with Crippen molar-refractivity contribution in [1.29, 1.82) is 0 Å². The first-order valence-electron chi connectivity index (χ1n) is 16.9. The van der Waals surface area contributed by atoms with Crippen LogP contribution in [0.3, 0.4) is 0 Å². The molecule has 7 aliphatic rings. The molecule has 5 aliphatic carbocycles. The Balaban J connectivity index is 1.12. The summed E-state index contributed by atoms with van der Waals surface area (Å²) in [4.78, 5) is 13.3. The normalized spacial score (nSPS) is 52.2. The molecule has 6 heteroatoms. The van der Waals surface area contributed by atoms with Gasteiger partial charge >= 0.3 is 5.97 Å². The van der Waals surface area contributed by atoms with Gasteiger partial charge in [-0.2, -0.15) is 0 Å². The molecule has 44 heavy (non-hydrogen) atoms. The minimum absolute atomic E-state index is 0.0124. The summed E-state index contributed by atoms with van der Waals surface area (Å²) in [5.74, 6) is -0.410. The summed E-state index contributed by atoms with van der Waals surface area (Å²) in [5, 5.41) is 33.2. The molecular weight excluding hydrogens is 552 g/mol. The van der Waals surface area contributed by atoms with Crippen LogP contribution in [0.25, 0.3) is 0 Å². The second-order valence-corrected chi connectivity index (χ2v) is 16.2. The van der Waals surface area contributed by atoms with Crippen LogP contribution in [0.4, 0.5) is 0 Å².